The van der Waals surface area contributed by atoms with Crippen molar-refractivity contribution in [2.24, 2.45) is 5.92 Å². The van der Waals surface area contributed by atoms with E-state index < -0.39 is 11.2 Å². The molecule has 170 valence electrons. The molecule has 1 aromatic carbocycles. The number of unbranched alkanes of at least 4 members (excludes halogenated alkanes) is 2. The molecule has 0 spiro atoms. The number of aromatic nitrogens is 2. The number of nitrogens with one attached hydrogen (secondary N) is 1. The minimum Gasteiger partial charge on any atom is -0.383 e. The van der Waals surface area contributed by atoms with Crippen molar-refractivity contribution in [2.75, 3.05) is 17.2 Å². The number of aromatic amines is 1. The summed E-state index contributed by atoms with van der Waals surface area (Å²) in [4.78, 5) is 41.9. The average molecular weight is 429 g/mol. The number of H-pyrrole nitrogens is 1. The Morgan fingerprint density at radius 3 is 2.26 bits per heavy atom. The lowest BCUT2D eigenvalue weighted by Gasteiger charge is -2.25. The maximum atomic E-state index is 13.2. The van der Waals surface area contributed by atoms with Crippen LogP contribution in [0.15, 0.2) is 33.9 Å². The molecular formula is C24H36N4O3. The molecule has 0 bridgehead atoms. The van der Waals surface area contributed by atoms with E-state index in [0.29, 0.717) is 13.1 Å². The predicted molar refractivity (Wildman–Crippen MR) is 127 cm³/mol. The van der Waals surface area contributed by atoms with E-state index in [2.05, 4.69) is 24.0 Å². The van der Waals surface area contributed by atoms with Crippen LogP contribution in [0.1, 0.15) is 64.5 Å². The fourth-order valence-electron chi connectivity index (χ4n) is 3.54. The Labute approximate surface area is 184 Å². The van der Waals surface area contributed by atoms with Gasteiger partial charge in [-0.15, -0.1) is 0 Å². The lowest BCUT2D eigenvalue weighted by Crippen LogP contribution is -2.42. The Hall–Kier alpha value is -2.83. The van der Waals surface area contributed by atoms with Gasteiger partial charge in [0.25, 0.3) is 5.56 Å². The molecule has 0 saturated heterocycles. The van der Waals surface area contributed by atoms with Crippen LogP contribution in [0, 0.1) is 5.92 Å². The van der Waals surface area contributed by atoms with Crippen LogP contribution < -0.4 is 21.9 Å². The van der Waals surface area contributed by atoms with Crippen molar-refractivity contribution < 1.29 is 4.79 Å². The van der Waals surface area contributed by atoms with Gasteiger partial charge in [0.15, 0.2) is 5.69 Å². The Morgan fingerprint density at radius 2 is 1.68 bits per heavy atom. The monoisotopic (exact) mass is 428 g/mol. The molecule has 0 aliphatic carbocycles. The van der Waals surface area contributed by atoms with E-state index in [-0.39, 0.29) is 29.8 Å². The average Bonchev–Trinajstić information content (AvgIpc) is 2.72. The third-order valence-electron chi connectivity index (χ3n) is 5.27. The van der Waals surface area contributed by atoms with E-state index in [0.717, 1.165) is 37.7 Å². The number of benzene rings is 1. The van der Waals surface area contributed by atoms with Crippen molar-refractivity contribution in [3.8, 4) is 0 Å². The largest absolute Gasteiger partial charge is 0.383 e. The highest BCUT2D eigenvalue weighted by Gasteiger charge is 2.24. The molecule has 1 amide bonds. The molecule has 3 N–H and O–H groups in total. The van der Waals surface area contributed by atoms with E-state index in [4.69, 9.17) is 5.73 Å². The van der Waals surface area contributed by atoms with Crippen molar-refractivity contribution in [3.63, 3.8) is 0 Å². The first-order chi connectivity index (χ1) is 14.8. The highest BCUT2D eigenvalue weighted by Crippen LogP contribution is 2.20. The van der Waals surface area contributed by atoms with Gasteiger partial charge in [-0.05, 0) is 36.3 Å². The minimum atomic E-state index is -0.623. The number of hydrogen-bond donors (Lipinski definition) is 2. The number of nitrogens with two attached hydrogens (primary N) is 1. The maximum Gasteiger partial charge on any atom is 0.330 e. The molecule has 0 aliphatic heterocycles. The fraction of sp³-hybridized carbons (Fsp3) is 0.542. The first kappa shape index (κ1) is 24.4. The SMILES string of the molecule is CCCCc1ccc(CC(=O)N(CCCC)c2c(N)n(CC(C)C)c(=O)[nH]c2=O)cc1. The van der Waals surface area contributed by atoms with Gasteiger partial charge in [-0.1, -0.05) is 64.8 Å². The number of carbonyl (C=O) groups excluding carboxylic acids is 1. The lowest BCUT2D eigenvalue weighted by atomic mass is 10.0. The highest BCUT2D eigenvalue weighted by molar-refractivity contribution is 5.96. The molecular weight excluding hydrogens is 392 g/mol. The first-order valence-electron chi connectivity index (χ1n) is 11.3. The zero-order valence-electron chi connectivity index (χ0n) is 19.2. The van der Waals surface area contributed by atoms with Crippen LogP contribution in [0.5, 0.6) is 0 Å². The second kappa shape index (κ2) is 11.5. The summed E-state index contributed by atoms with van der Waals surface area (Å²) in [6, 6.07) is 8.04. The third-order valence-corrected chi connectivity index (χ3v) is 5.27. The molecule has 31 heavy (non-hydrogen) atoms. The molecule has 0 saturated carbocycles. The van der Waals surface area contributed by atoms with Gasteiger partial charge < -0.3 is 10.6 Å². The first-order valence-corrected chi connectivity index (χ1v) is 11.3. The van der Waals surface area contributed by atoms with Gasteiger partial charge in [0.05, 0.1) is 6.42 Å². The Morgan fingerprint density at radius 1 is 1.06 bits per heavy atom. The summed E-state index contributed by atoms with van der Waals surface area (Å²) in [5.41, 5.74) is 7.29. The number of amides is 1. The maximum absolute atomic E-state index is 13.2. The van der Waals surface area contributed by atoms with Crippen LogP contribution in [-0.4, -0.2) is 22.0 Å². The molecule has 7 heteroatoms. The number of anilines is 2. The van der Waals surface area contributed by atoms with Crippen LogP contribution in [0.25, 0.3) is 0 Å². The third kappa shape index (κ3) is 6.57. The number of nitrogens with zero attached hydrogens (tertiary/aromatic N) is 2. The number of aryl methyl sites for hydroxylation is 1. The van der Waals surface area contributed by atoms with Crippen LogP contribution in [0.4, 0.5) is 11.5 Å². The van der Waals surface area contributed by atoms with E-state index in [9.17, 15) is 14.4 Å². The van der Waals surface area contributed by atoms with Gasteiger partial charge in [-0.3, -0.25) is 19.1 Å². The Balaban J connectivity index is 2.36. The van der Waals surface area contributed by atoms with Crippen LogP contribution in [-0.2, 0) is 24.2 Å². The van der Waals surface area contributed by atoms with E-state index in [1.807, 2.05) is 32.9 Å². The zero-order chi connectivity index (χ0) is 23.0. The Kier molecular flexibility index (Phi) is 9.09. The van der Waals surface area contributed by atoms with E-state index in [1.165, 1.54) is 15.0 Å². The van der Waals surface area contributed by atoms with Gasteiger partial charge in [-0.25, -0.2) is 4.79 Å². The molecule has 0 aliphatic rings. The van der Waals surface area contributed by atoms with Crippen molar-refractivity contribution in [2.45, 2.75) is 72.8 Å². The summed E-state index contributed by atoms with van der Waals surface area (Å²) in [5, 5.41) is 0. The van der Waals surface area contributed by atoms with E-state index >= 15 is 0 Å². The van der Waals surface area contributed by atoms with Gasteiger partial charge in [-0.2, -0.15) is 0 Å². The second-order valence-electron chi connectivity index (χ2n) is 8.49. The summed E-state index contributed by atoms with van der Waals surface area (Å²) in [5.74, 6) is -0.00621. The molecule has 7 nitrogen and oxygen atoms in total. The fourth-order valence-corrected chi connectivity index (χ4v) is 3.54. The normalized spacial score (nSPS) is 11.1. The summed E-state index contributed by atoms with van der Waals surface area (Å²) in [7, 11) is 0. The summed E-state index contributed by atoms with van der Waals surface area (Å²) in [6.07, 6.45) is 5.05. The molecule has 1 aromatic heterocycles. The predicted octanol–water partition coefficient (Wildman–Crippen LogP) is 3.49. The quantitative estimate of drug-likeness (QED) is 0.572. The molecule has 0 unspecified atom stereocenters. The molecule has 1 heterocycles. The summed E-state index contributed by atoms with van der Waals surface area (Å²) in [6.45, 7) is 8.84. The van der Waals surface area contributed by atoms with Gasteiger partial charge in [0.2, 0.25) is 5.91 Å². The van der Waals surface area contributed by atoms with Crippen LogP contribution in [0.2, 0.25) is 0 Å². The standard InChI is InChI=1S/C24H36N4O3/c1-5-7-9-18-10-12-19(13-11-18)15-20(29)27(14-8-6-2)21-22(25)28(16-17(3)4)24(31)26-23(21)30/h10-13,17H,5-9,14-16,25H2,1-4H3,(H,26,30,31). The highest BCUT2D eigenvalue weighted by atomic mass is 16.2. The number of rotatable bonds is 11. The smallest absolute Gasteiger partial charge is 0.330 e. The lowest BCUT2D eigenvalue weighted by molar-refractivity contribution is -0.118. The van der Waals surface area contributed by atoms with Gasteiger partial charge in [0.1, 0.15) is 5.82 Å². The molecule has 2 aromatic rings. The van der Waals surface area contributed by atoms with E-state index in [1.54, 1.807) is 0 Å². The van der Waals surface area contributed by atoms with Crippen molar-refractivity contribution in [1.29, 1.82) is 0 Å². The van der Waals surface area contributed by atoms with Gasteiger partial charge >= 0.3 is 5.69 Å². The molecule has 2 rings (SSSR count). The summed E-state index contributed by atoms with van der Waals surface area (Å²) < 4.78 is 1.34. The van der Waals surface area contributed by atoms with Crippen molar-refractivity contribution >= 4 is 17.4 Å². The van der Waals surface area contributed by atoms with Crippen molar-refractivity contribution in [3.05, 3.63) is 56.2 Å². The minimum absolute atomic E-state index is 0.0433. The van der Waals surface area contributed by atoms with Crippen LogP contribution >= 0.6 is 0 Å². The second-order valence-corrected chi connectivity index (χ2v) is 8.49. The molecule has 0 radical (unpaired) electrons. The molecule has 0 fully saturated rings. The van der Waals surface area contributed by atoms with Gasteiger partial charge in [0, 0.05) is 13.1 Å². The number of hydrogen-bond acceptors (Lipinski definition) is 4. The van der Waals surface area contributed by atoms with Crippen LogP contribution in [0.3, 0.4) is 0 Å². The number of carbonyl (C=O) groups is 1. The Bertz CT molecular complexity index is 974. The number of nitrogen functional groups attached to an aromatic ring is 1. The zero-order valence-corrected chi connectivity index (χ0v) is 19.2. The summed E-state index contributed by atoms with van der Waals surface area (Å²) >= 11 is 0. The topological polar surface area (TPSA) is 101 Å². The van der Waals surface area contributed by atoms with Crippen molar-refractivity contribution in [1.82, 2.24) is 9.55 Å². The molecule has 0 atom stereocenters.